The van der Waals surface area contributed by atoms with Crippen LogP contribution >= 0.6 is 24.0 Å². The monoisotopic (exact) mass is 421 g/mol. The third-order valence-corrected chi connectivity index (χ3v) is 5.16. The number of piperazine rings is 1. The van der Waals surface area contributed by atoms with Gasteiger partial charge in [0.05, 0.1) is 16.4 Å². The molecule has 0 spiro atoms. The van der Waals surface area contributed by atoms with Gasteiger partial charge >= 0.3 is 0 Å². The van der Waals surface area contributed by atoms with Crippen LogP contribution in [0.5, 0.6) is 0 Å². The van der Waals surface area contributed by atoms with Crippen LogP contribution in [-0.4, -0.2) is 55.0 Å². The summed E-state index contributed by atoms with van der Waals surface area (Å²) in [7, 11) is 1.93. The molecule has 1 saturated heterocycles. The Morgan fingerprint density at radius 2 is 2.11 bits per heavy atom. The summed E-state index contributed by atoms with van der Waals surface area (Å²) in [5, 5.41) is 12.2. The number of hydrogen-bond acceptors (Lipinski definition) is 5. The average molecular weight is 422 g/mol. The minimum absolute atomic E-state index is 0. The zero-order chi connectivity index (χ0) is 19.0. The molecule has 1 atom stereocenters. The number of nitrogens with zero attached hydrogens (tertiary/aromatic N) is 6. The summed E-state index contributed by atoms with van der Waals surface area (Å²) in [5.41, 5.74) is 1.69. The van der Waals surface area contributed by atoms with Gasteiger partial charge in [-0.15, -0.1) is 17.5 Å². The minimum Gasteiger partial charge on any atom is -0.336 e. The third kappa shape index (κ3) is 3.50. The van der Waals surface area contributed by atoms with Gasteiger partial charge in [0.1, 0.15) is 11.9 Å². The van der Waals surface area contributed by atoms with E-state index >= 15 is 0 Å². The molecule has 4 rings (SSSR count). The SMILES string of the molecule is Cc1c(C(=O)N2CCNCC2c2nccn2C)nnn1-c1ccccc1Cl.Cl. The van der Waals surface area contributed by atoms with E-state index in [9.17, 15) is 4.79 Å². The van der Waals surface area contributed by atoms with Gasteiger partial charge in [-0.3, -0.25) is 4.79 Å². The first-order chi connectivity index (χ1) is 13.1. The fraction of sp³-hybridized carbons (Fsp3) is 0.333. The van der Waals surface area contributed by atoms with Gasteiger partial charge in [-0.1, -0.05) is 28.9 Å². The molecule has 1 amide bonds. The maximum atomic E-state index is 13.3. The summed E-state index contributed by atoms with van der Waals surface area (Å²) < 4.78 is 3.54. The van der Waals surface area contributed by atoms with Crippen LogP contribution in [0.1, 0.15) is 28.0 Å². The van der Waals surface area contributed by atoms with Crippen molar-refractivity contribution in [3.63, 3.8) is 0 Å². The second-order valence-corrected chi connectivity index (χ2v) is 6.91. The van der Waals surface area contributed by atoms with Crippen molar-refractivity contribution in [3.8, 4) is 5.69 Å². The first-order valence-corrected chi connectivity index (χ1v) is 9.12. The summed E-state index contributed by atoms with van der Waals surface area (Å²) in [6.45, 7) is 3.78. The maximum Gasteiger partial charge on any atom is 0.277 e. The zero-order valence-electron chi connectivity index (χ0n) is 15.5. The number of para-hydroxylation sites is 1. The van der Waals surface area contributed by atoms with E-state index in [2.05, 4.69) is 20.6 Å². The van der Waals surface area contributed by atoms with E-state index in [0.717, 1.165) is 12.4 Å². The molecule has 1 unspecified atom stereocenters. The van der Waals surface area contributed by atoms with Gasteiger partial charge in [0, 0.05) is 39.1 Å². The van der Waals surface area contributed by atoms with E-state index in [-0.39, 0.29) is 24.4 Å². The molecular formula is C18H21Cl2N7O. The number of aryl methyl sites for hydroxylation is 1. The second kappa shape index (κ2) is 8.30. The Labute approximate surface area is 173 Å². The molecular weight excluding hydrogens is 401 g/mol. The number of imidazole rings is 1. The first kappa shape index (κ1) is 20.3. The summed E-state index contributed by atoms with van der Waals surface area (Å²) in [4.78, 5) is 19.5. The highest BCUT2D eigenvalue weighted by atomic mass is 35.5. The maximum absolute atomic E-state index is 13.3. The number of nitrogens with one attached hydrogen (secondary N) is 1. The first-order valence-electron chi connectivity index (χ1n) is 8.74. The van der Waals surface area contributed by atoms with Crippen molar-refractivity contribution in [3.05, 3.63) is 58.9 Å². The predicted octanol–water partition coefficient (Wildman–Crippen LogP) is 2.17. The van der Waals surface area contributed by atoms with Crippen molar-refractivity contribution >= 4 is 29.9 Å². The lowest BCUT2D eigenvalue weighted by molar-refractivity contribution is 0.0614. The highest BCUT2D eigenvalue weighted by molar-refractivity contribution is 6.32. The number of hydrogen-bond donors (Lipinski definition) is 1. The van der Waals surface area contributed by atoms with E-state index in [0.29, 0.717) is 35.2 Å². The van der Waals surface area contributed by atoms with Gasteiger partial charge in [-0.05, 0) is 19.1 Å². The predicted molar refractivity (Wildman–Crippen MR) is 108 cm³/mol. The van der Waals surface area contributed by atoms with E-state index in [4.69, 9.17) is 11.6 Å². The van der Waals surface area contributed by atoms with Crippen molar-refractivity contribution in [1.29, 1.82) is 0 Å². The number of rotatable bonds is 3. The lowest BCUT2D eigenvalue weighted by Crippen LogP contribution is -2.49. The summed E-state index contributed by atoms with van der Waals surface area (Å²) in [6.07, 6.45) is 3.62. The Morgan fingerprint density at radius 1 is 1.32 bits per heavy atom. The zero-order valence-corrected chi connectivity index (χ0v) is 17.1. The number of carbonyl (C=O) groups is 1. The molecule has 28 heavy (non-hydrogen) atoms. The average Bonchev–Trinajstić information content (AvgIpc) is 3.27. The van der Waals surface area contributed by atoms with Crippen molar-refractivity contribution in [2.24, 2.45) is 7.05 Å². The van der Waals surface area contributed by atoms with Crippen LogP contribution in [0.4, 0.5) is 0 Å². The topological polar surface area (TPSA) is 80.9 Å². The Morgan fingerprint density at radius 3 is 2.82 bits per heavy atom. The lowest BCUT2D eigenvalue weighted by Gasteiger charge is -2.35. The highest BCUT2D eigenvalue weighted by Gasteiger charge is 2.33. The van der Waals surface area contributed by atoms with Gasteiger partial charge in [-0.25, -0.2) is 9.67 Å². The fourth-order valence-corrected chi connectivity index (χ4v) is 3.61. The minimum atomic E-state index is -0.156. The quantitative estimate of drug-likeness (QED) is 0.700. The van der Waals surface area contributed by atoms with Gasteiger partial charge in [0.25, 0.3) is 5.91 Å². The van der Waals surface area contributed by atoms with Crippen LogP contribution in [-0.2, 0) is 7.05 Å². The van der Waals surface area contributed by atoms with Gasteiger partial charge in [0.2, 0.25) is 0 Å². The number of amides is 1. The van der Waals surface area contributed by atoms with E-state index in [1.54, 1.807) is 16.9 Å². The molecule has 1 aliphatic rings. The largest absolute Gasteiger partial charge is 0.336 e. The number of benzene rings is 1. The van der Waals surface area contributed by atoms with Crippen molar-refractivity contribution in [2.75, 3.05) is 19.6 Å². The van der Waals surface area contributed by atoms with Crippen LogP contribution in [0.15, 0.2) is 36.7 Å². The number of halogens is 2. The van der Waals surface area contributed by atoms with Crippen molar-refractivity contribution < 1.29 is 4.79 Å². The Balaban J connectivity index is 0.00000225. The van der Waals surface area contributed by atoms with Crippen LogP contribution in [0.25, 0.3) is 5.69 Å². The summed E-state index contributed by atoms with van der Waals surface area (Å²) in [5.74, 6) is 0.687. The second-order valence-electron chi connectivity index (χ2n) is 6.50. The molecule has 0 aliphatic carbocycles. The molecule has 3 heterocycles. The van der Waals surface area contributed by atoms with Gasteiger partial charge < -0.3 is 14.8 Å². The molecule has 8 nitrogen and oxygen atoms in total. The van der Waals surface area contributed by atoms with E-state index in [1.165, 1.54) is 0 Å². The molecule has 1 N–H and O–H groups in total. The number of aromatic nitrogens is 5. The summed E-state index contributed by atoms with van der Waals surface area (Å²) in [6, 6.07) is 7.20. The number of carbonyl (C=O) groups excluding carboxylic acids is 1. The molecule has 2 aromatic heterocycles. The van der Waals surface area contributed by atoms with Gasteiger partial charge in [0.15, 0.2) is 5.69 Å². The van der Waals surface area contributed by atoms with Gasteiger partial charge in [-0.2, -0.15) is 0 Å². The van der Waals surface area contributed by atoms with Crippen LogP contribution in [0.2, 0.25) is 5.02 Å². The van der Waals surface area contributed by atoms with Crippen LogP contribution in [0, 0.1) is 6.92 Å². The molecule has 1 aliphatic heterocycles. The standard InChI is InChI=1S/C18H20ClN7O.ClH/c1-12-16(22-23-26(12)14-6-4-3-5-13(14)19)18(27)25-10-7-20-11-15(25)17-21-8-9-24(17)2;/h3-6,8-9,15,20H,7,10-11H2,1-2H3;1H. The fourth-order valence-electron chi connectivity index (χ4n) is 3.39. The molecule has 0 radical (unpaired) electrons. The lowest BCUT2D eigenvalue weighted by atomic mass is 10.1. The van der Waals surface area contributed by atoms with Crippen LogP contribution < -0.4 is 5.32 Å². The molecule has 3 aromatic rings. The Hall–Kier alpha value is -2.42. The normalized spacial score (nSPS) is 16.7. The third-order valence-electron chi connectivity index (χ3n) is 4.84. The smallest absolute Gasteiger partial charge is 0.277 e. The van der Waals surface area contributed by atoms with Crippen molar-refractivity contribution in [1.82, 2.24) is 34.8 Å². The summed E-state index contributed by atoms with van der Waals surface area (Å²) >= 11 is 6.27. The molecule has 1 fully saturated rings. The molecule has 148 valence electrons. The van der Waals surface area contributed by atoms with Crippen molar-refractivity contribution in [2.45, 2.75) is 13.0 Å². The Bertz CT molecular complexity index is 984. The van der Waals surface area contributed by atoms with Crippen LogP contribution in [0.3, 0.4) is 0 Å². The molecule has 10 heteroatoms. The molecule has 0 bridgehead atoms. The van der Waals surface area contributed by atoms with E-state index < -0.39 is 0 Å². The highest BCUT2D eigenvalue weighted by Crippen LogP contribution is 2.25. The van der Waals surface area contributed by atoms with E-state index in [1.807, 2.05) is 47.8 Å². The molecule has 1 aromatic carbocycles. The Kier molecular flexibility index (Phi) is 6.02. The molecule has 0 saturated carbocycles.